The lowest BCUT2D eigenvalue weighted by molar-refractivity contribution is -0.130. The van der Waals surface area contributed by atoms with Crippen LogP contribution in [-0.4, -0.2) is 17.7 Å². The number of hydrogen-bond donors (Lipinski definition) is 1. The molecule has 0 aromatic heterocycles. The Morgan fingerprint density at radius 1 is 1.12 bits per heavy atom. The van der Waals surface area contributed by atoms with Crippen LogP contribution in [0.3, 0.4) is 0 Å². The fourth-order valence-electron chi connectivity index (χ4n) is 3.51. The van der Waals surface area contributed by atoms with E-state index in [4.69, 9.17) is 0 Å². The van der Waals surface area contributed by atoms with Gasteiger partial charge in [-0.2, -0.15) is 0 Å². The van der Waals surface area contributed by atoms with Gasteiger partial charge in [0.15, 0.2) is 5.78 Å². The summed E-state index contributed by atoms with van der Waals surface area (Å²) in [6.45, 7) is 10.3. The van der Waals surface area contributed by atoms with E-state index in [0.717, 1.165) is 24.8 Å². The first-order chi connectivity index (χ1) is 12.4. The molecule has 1 fully saturated rings. The van der Waals surface area contributed by atoms with E-state index < -0.39 is 6.04 Å². The van der Waals surface area contributed by atoms with Crippen LogP contribution in [0.15, 0.2) is 30.3 Å². The van der Waals surface area contributed by atoms with Crippen LogP contribution >= 0.6 is 0 Å². The van der Waals surface area contributed by atoms with Gasteiger partial charge in [0.2, 0.25) is 5.91 Å². The third-order valence-corrected chi connectivity index (χ3v) is 5.12. The molecule has 0 bridgehead atoms. The minimum absolute atomic E-state index is 0.0263. The molecule has 0 radical (unpaired) electrons. The summed E-state index contributed by atoms with van der Waals surface area (Å²) in [4.78, 5) is 24.5. The molecule has 0 aliphatic heterocycles. The number of rotatable bonds is 6. The van der Waals surface area contributed by atoms with E-state index in [1.165, 1.54) is 12.8 Å². The van der Waals surface area contributed by atoms with Crippen molar-refractivity contribution in [2.45, 2.75) is 79.2 Å². The zero-order valence-corrected chi connectivity index (χ0v) is 17.3. The molecule has 3 nitrogen and oxygen atoms in total. The number of ketones is 1. The summed E-state index contributed by atoms with van der Waals surface area (Å²) in [5.74, 6) is 1.40. The van der Waals surface area contributed by atoms with E-state index in [0.29, 0.717) is 18.3 Å². The van der Waals surface area contributed by atoms with Gasteiger partial charge in [0, 0.05) is 5.92 Å². The fraction of sp³-hybridized carbons (Fsp3) is 0.652. The Kier molecular flexibility index (Phi) is 10.2. The number of amides is 1. The zero-order chi connectivity index (χ0) is 19.5. The number of hydrogen-bond acceptors (Lipinski definition) is 2. The van der Waals surface area contributed by atoms with Gasteiger partial charge < -0.3 is 5.32 Å². The Morgan fingerprint density at radius 2 is 1.73 bits per heavy atom. The van der Waals surface area contributed by atoms with Crippen LogP contribution in [0.25, 0.3) is 0 Å². The van der Waals surface area contributed by atoms with Crippen molar-refractivity contribution in [3.63, 3.8) is 0 Å². The summed E-state index contributed by atoms with van der Waals surface area (Å²) in [6, 6.07) is 9.46. The van der Waals surface area contributed by atoms with Crippen LogP contribution in [0.1, 0.15) is 72.3 Å². The molecule has 1 amide bonds. The molecular formula is C23H37NO2. The van der Waals surface area contributed by atoms with Gasteiger partial charge in [0.1, 0.15) is 0 Å². The highest BCUT2D eigenvalue weighted by Gasteiger charge is 2.30. The molecule has 1 aliphatic rings. The van der Waals surface area contributed by atoms with E-state index >= 15 is 0 Å². The number of nitrogens with one attached hydrogen (secondary N) is 1. The molecule has 1 aromatic carbocycles. The van der Waals surface area contributed by atoms with Gasteiger partial charge in [-0.05, 0) is 43.6 Å². The predicted octanol–water partition coefficient (Wildman–Crippen LogP) is 5.18. The molecule has 1 N–H and O–H groups in total. The first-order valence-electron chi connectivity index (χ1n) is 10.2. The maximum atomic E-state index is 12.6. The Labute approximate surface area is 160 Å². The Balaban J connectivity index is 0.00000105. The van der Waals surface area contributed by atoms with Crippen molar-refractivity contribution in [3.05, 3.63) is 35.9 Å². The molecule has 146 valence electrons. The first kappa shape index (κ1) is 22.4. The summed E-state index contributed by atoms with van der Waals surface area (Å²) >= 11 is 0. The van der Waals surface area contributed by atoms with Crippen molar-refractivity contribution < 1.29 is 9.59 Å². The van der Waals surface area contributed by atoms with Gasteiger partial charge in [-0.3, -0.25) is 9.59 Å². The van der Waals surface area contributed by atoms with Crippen LogP contribution < -0.4 is 5.32 Å². The number of carbonyl (C=O) groups is 2. The van der Waals surface area contributed by atoms with Crippen molar-refractivity contribution in [3.8, 4) is 0 Å². The third-order valence-electron chi connectivity index (χ3n) is 5.12. The normalized spacial score (nSPS) is 20.7. The average Bonchev–Trinajstić information content (AvgIpc) is 2.62. The molecule has 3 heteroatoms. The summed E-state index contributed by atoms with van der Waals surface area (Å²) < 4.78 is 0. The van der Waals surface area contributed by atoms with Crippen molar-refractivity contribution in [2.75, 3.05) is 0 Å². The van der Waals surface area contributed by atoms with Gasteiger partial charge >= 0.3 is 0 Å². The van der Waals surface area contributed by atoms with Crippen LogP contribution in [0.4, 0.5) is 0 Å². The van der Waals surface area contributed by atoms with Gasteiger partial charge in [0.25, 0.3) is 0 Å². The minimum Gasteiger partial charge on any atom is -0.346 e. The number of carbonyl (C=O) groups excluding carboxylic acids is 2. The van der Waals surface area contributed by atoms with Crippen molar-refractivity contribution in [2.24, 2.45) is 17.8 Å². The van der Waals surface area contributed by atoms with Crippen LogP contribution in [0.5, 0.6) is 0 Å². The third kappa shape index (κ3) is 7.72. The standard InChI is InChI=1S/C20H29NO2.C3H8/c1-14(2)17-10-7-11-18(13-17)20(23)21-19(15(3)22)12-16-8-5-4-6-9-16;1-3-2/h4-6,8-9,14,17-19H,7,10-13H2,1-3H3,(H,21,23);3H2,1-2H3/t17?,18-,19+;/m0./s1. The van der Waals surface area contributed by atoms with Gasteiger partial charge in [-0.15, -0.1) is 0 Å². The van der Waals surface area contributed by atoms with Gasteiger partial charge in [0.05, 0.1) is 6.04 Å². The molecule has 1 saturated carbocycles. The second-order valence-electron chi connectivity index (χ2n) is 7.94. The summed E-state index contributed by atoms with van der Waals surface area (Å²) in [6.07, 6.45) is 6.07. The van der Waals surface area contributed by atoms with Gasteiger partial charge in [-0.25, -0.2) is 0 Å². The van der Waals surface area contributed by atoms with E-state index in [-0.39, 0.29) is 17.6 Å². The summed E-state index contributed by atoms with van der Waals surface area (Å²) in [7, 11) is 0. The summed E-state index contributed by atoms with van der Waals surface area (Å²) in [5, 5.41) is 3.01. The minimum atomic E-state index is -0.413. The van der Waals surface area contributed by atoms with E-state index in [2.05, 4.69) is 33.0 Å². The Hall–Kier alpha value is -1.64. The fourth-order valence-corrected chi connectivity index (χ4v) is 3.51. The lowest BCUT2D eigenvalue weighted by atomic mass is 9.76. The maximum absolute atomic E-state index is 12.6. The molecule has 26 heavy (non-hydrogen) atoms. The molecule has 0 heterocycles. The molecule has 1 aliphatic carbocycles. The maximum Gasteiger partial charge on any atom is 0.223 e. The molecule has 0 saturated heterocycles. The second kappa shape index (κ2) is 11.9. The highest BCUT2D eigenvalue weighted by Crippen LogP contribution is 2.33. The van der Waals surface area contributed by atoms with Crippen molar-refractivity contribution in [1.29, 1.82) is 0 Å². The molecule has 1 unspecified atom stereocenters. The lowest BCUT2D eigenvalue weighted by Gasteiger charge is -2.31. The number of Topliss-reactive ketones (excluding diaryl/α,β-unsaturated/α-hetero) is 1. The van der Waals surface area contributed by atoms with E-state index in [9.17, 15) is 9.59 Å². The molecule has 3 atom stereocenters. The van der Waals surface area contributed by atoms with Crippen LogP contribution in [0.2, 0.25) is 0 Å². The quantitative estimate of drug-likeness (QED) is 0.760. The first-order valence-corrected chi connectivity index (χ1v) is 10.2. The predicted molar refractivity (Wildman–Crippen MR) is 109 cm³/mol. The Morgan fingerprint density at radius 3 is 2.27 bits per heavy atom. The highest BCUT2D eigenvalue weighted by atomic mass is 16.2. The number of benzene rings is 1. The van der Waals surface area contributed by atoms with Crippen molar-refractivity contribution >= 4 is 11.7 Å². The molecule has 0 spiro atoms. The average molecular weight is 360 g/mol. The SMILES string of the molecule is CC(=O)[C@@H](Cc1ccccc1)NC(=O)[C@H]1CCCC(C(C)C)C1.CCC. The smallest absolute Gasteiger partial charge is 0.223 e. The monoisotopic (exact) mass is 359 g/mol. The topological polar surface area (TPSA) is 46.2 Å². The summed E-state index contributed by atoms with van der Waals surface area (Å²) in [5.41, 5.74) is 1.08. The van der Waals surface area contributed by atoms with E-state index in [1.807, 2.05) is 30.3 Å². The van der Waals surface area contributed by atoms with Crippen LogP contribution in [-0.2, 0) is 16.0 Å². The Bertz CT molecular complexity index is 538. The highest BCUT2D eigenvalue weighted by molar-refractivity contribution is 5.88. The molecule has 2 rings (SSSR count). The van der Waals surface area contributed by atoms with Crippen molar-refractivity contribution in [1.82, 2.24) is 5.32 Å². The van der Waals surface area contributed by atoms with Crippen LogP contribution in [0, 0.1) is 17.8 Å². The second-order valence-corrected chi connectivity index (χ2v) is 7.94. The van der Waals surface area contributed by atoms with Gasteiger partial charge in [-0.1, -0.05) is 77.3 Å². The van der Waals surface area contributed by atoms with E-state index in [1.54, 1.807) is 6.92 Å². The molecule has 1 aromatic rings. The molecular weight excluding hydrogens is 322 g/mol. The largest absolute Gasteiger partial charge is 0.346 e. The zero-order valence-electron chi connectivity index (χ0n) is 17.3. The lowest BCUT2D eigenvalue weighted by Crippen LogP contribution is -2.45.